The average Bonchev–Trinajstić information content (AvgIpc) is 2.40. The molecular weight excluding hydrogens is 271 g/mol. The summed E-state index contributed by atoms with van der Waals surface area (Å²) in [6.07, 6.45) is -0.838. The van der Waals surface area contributed by atoms with Crippen molar-refractivity contribution in [1.29, 1.82) is 0 Å². The molecule has 0 aliphatic carbocycles. The molecule has 0 radical (unpaired) electrons. The second kappa shape index (κ2) is 6.18. The summed E-state index contributed by atoms with van der Waals surface area (Å²) in [5.74, 6) is 1.10. The van der Waals surface area contributed by atoms with Crippen LogP contribution in [0.4, 0.5) is 13.2 Å². The zero-order chi connectivity index (χ0) is 13.9. The lowest BCUT2D eigenvalue weighted by molar-refractivity contribution is -0.137. The highest BCUT2D eigenvalue weighted by molar-refractivity contribution is 8.00. The number of hydrogen-bond donors (Lipinski definition) is 1. The van der Waals surface area contributed by atoms with Crippen LogP contribution in [-0.2, 0) is 6.18 Å². The van der Waals surface area contributed by atoms with E-state index in [0.717, 1.165) is 30.2 Å². The molecule has 1 saturated heterocycles. The molecule has 0 amide bonds. The Kier molecular flexibility index (Phi) is 4.79. The van der Waals surface area contributed by atoms with Crippen molar-refractivity contribution >= 4 is 11.8 Å². The first kappa shape index (κ1) is 14.7. The van der Waals surface area contributed by atoms with E-state index >= 15 is 0 Å². The second-order valence-corrected chi connectivity index (χ2v) is 6.14. The van der Waals surface area contributed by atoms with Gasteiger partial charge >= 0.3 is 6.18 Å². The smallest absolute Gasteiger partial charge is 0.312 e. The van der Waals surface area contributed by atoms with Crippen LogP contribution >= 0.6 is 11.8 Å². The standard InChI is InChI=1S/C14H18F3NS/c1-18-13(12-7-2-3-8-19-12)10-5-4-6-11(9-10)14(15,16)17/h4-6,9,12-13,18H,2-3,7-8H2,1H3. The van der Waals surface area contributed by atoms with Crippen molar-refractivity contribution in [2.45, 2.75) is 36.7 Å². The number of alkyl halides is 3. The first-order valence-corrected chi connectivity index (χ1v) is 7.53. The fourth-order valence-corrected chi connectivity index (χ4v) is 4.00. The molecule has 2 unspecified atom stereocenters. The van der Waals surface area contributed by atoms with E-state index in [9.17, 15) is 13.2 Å². The Hall–Kier alpha value is -0.680. The lowest BCUT2D eigenvalue weighted by Gasteiger charge is -2.30. The normalized spacial score (nSPS) is 22.2. The van der Waals surface area contributed by atoms with Gasteiger partial charge in [-0.15, -0.1) is 0 Å². The van der Waals surface area contributed by atoms with E-state index in [4.69, 9.17) is 0 Å². The number of hydrogen-bond acceptors (Lipinski definition) is 2. The molecule has 0 saturated carbocycles. The quantitative estimate of drug-likeness (QED) is 0.892. The van der Waals surface area contributed by atoms with Crippen molar-refractivity contribution in [3.63, 3.8) is 0 Å². The number of nitrogens with one attached hydrogen (secondary N) is 1. The fraction of sp³-hybridized carbons (Fsp3) is 0.571. The van der Waals surface area contributed by atoms with Crippen LogP contribution in [0.3, 0.4) is 0 Å². The van der Waals surface area contributed by atoms with Crippen LogP contribution in [0.25, 0.3) is 0 Å². The number of rotatable bonds is 3. The topological polar surface area (TPSA) is 12.0 Å². The summed E-state index contributed by atoms with van der Waals surface area (Å²) in [4.78, 5) is 0. The predicted molar refractivity (Wildman–Crippen MR) is 73.3 cm³/mol. The Morgan fingerprint density at radius 2 is 2.11 bits per heavy atom. The van der Waals surface area contributed by atoms with Gasteiger partial charge in [0.05, 0.1) is 5.56 Å². The summed E-state index contributed by atoms with van der Waals surface area (Å²) in [5.41, 5.74) is 0.169. The van der Waals surface area contributed by atoms with Gasteiger partial charge in [-0.05, 0) is 43.3 Å². The third-order valence-electron chi connectivity index (χ3n) is 3.47. The van der Waals surface area contributed by atoms with E-state index in [2.05, 4.69) is 5.32 Å². The van der Waals surface area contributed by atoms with E-state index in [-0.39, 0.29) is 6.04 Å². The Labute approximate surface area is 116 Å². The van der Waals surface area contributed by atoms with E-state index in [1.807, 2.05) is 18.8 Å². The van der Waals surface area contributed by atoms with Gasteiger partial charge in [-0.25, -0.2) is 0 Å². The van der Waals surface area contributed by atoms with E-state index < -0.39 is 11.7 Å². The molecule has 1 N–H and O–H groups in total. The lowest BCUT2D eigenvalue weighted by atomic mass is 9.98. The zero-order valence-corrected chi connectivity index (χ0v) is 11.7. The molecule has 1 aromatic rings. The maximum absolute atomic E-state index is 12.8. The van der Waals surface area contributed by atoms with Gasteiger partial charge in [-0.2, -0.15) is 24.9 Å². The van der Waals surface area contributed by atoms with Gasteiger partial charge in [-0.3, -0.25) is 0 Å². The minimum Gasteiger partial charge on any atom is -0.312 e. The van der Waals surface area contributed by atoms with Crippen LogP contribution in [0.5, 0.6) is 0 Å². The Morgan fingerprint density at radius 1 is 1.32 bits per heavy atom. The van der Waals surface area contributed by atoms with Crippen molar-refractivity contribution in [3.05, 3.63) is 35.4 Å². The summed E-state index contributed by atoms with van der Waals surface area (Å²) in [5, 5.41) is 3.54. The first-order chi connectivity index (χ1) is 9.02. The lowest BCUT2D eigenvalue weighted by Crippen LogP contribution is -2.29. The monoisotopic (exact) mass is 289 g/mol. The fourth-order valence-electron chi connectivity index (χ4n) is 2.50. The van der Waals surface area contributed by atoms with Crippen molar-refractivity contribution in [2.75, 3.05) is 12.8 Å². The minimum absolute atomic E-state index is 0.00685. The summed E-state index contributed by atoms with van der Waals surface area (Å²) in [6, 6.07) is 5.68. The van der Waals surface area contributed by atoms with Gasteiger partial charge < -0.3 is 5.32 Å². The summed E-state index contributed by atoms with van der Waals surface area (Å²) in [6.45, 7) is 0. The molecule has 5 heteroatoms. The summed E-state index contributed by atoms with van der Waals surface area (Å²) >= 11 is 1.86. The van der Waals surface area contributed by atoms with Gasteiger partial charge in [0.1, 0.15) is 0 Å². The Morgan fingerprint density at radius 3 is 2.68 bits per heavy atom. The molecule has 19 heavy (non-hydrogen) atoms. The summed E-state index contributed by atoms with van der Waals surface area (Å²) in [7, 11) is 1.82. The third-order valence-corrected chi connectivity index (χ3v) is 4.93. The van der Waals surface area contributed by atoms with Gasteiger partial charge in [-0.1, -0.05) is 18.6 Å². The highest BCUT2D eigenvalue weighted by Gasteiger charge is 2.32. The van der Waals surface area contributed by atoms with Crippen molar-refractivity contribution in [3.8, 4) is 0 Å². The van der Waals surface area contributed by atoms with Crippen LogP contribution in [0.1, 0.15) is 36.4 Å². The molecule has 1 aliphatic rings. The van der Waals surface area contributed by atoms with Gasteiger partial charge in [0.25, 0.3) is 0 Å². The average molecular weight is 289 g/mol. The van der Waals surface area contributed by atoms with Crippen LogP contribution < -0.4 is 5.32 Å². The molecule has 1 fully saturated rings. The molecule has 2 rings (SSSR count). The van der Waals surface area contributed by atoms with E-state index in [0.29, 0.717) is 5.25 Å². The van der Waals surface area contributed by atoms with E-state index in [1.54, 1.807) is 6.07 Å². The molecule has 0 aromatic heterocycles. The molecule has 106 valence electrons. The molecule has 2 atom stereocenters. The number of halogens is 3. The molecule has 0 bridgehead atoms. The van der Waals surface area contributed by atoms with Gasteiger partial charge in [0, 0.05) is 11.3 Å². The molecule has 1 nitrogen and oxygen atoms in total. The summed E-state index contributed by atoms with van der Waals surface area (Å²) < 4.78 is 38.3. The zero-order valence-electron chi connectivity index (χ0n) is 10.8. The maximum atomic E-state index is 12.8. The highest BCUT2D eigenvalue weighted by atomic mass is 32.2. The SMILES string of the molecule is CNC(c1cccc(C(F)(F)F)c1)C1CCCCS1. The van der Waals surface area contributed by atoms with Crippen molar-refractivity contribution in [1.82, 2.24) is 5.32 Å². The first-order valence-electron chi connectivity index (χ1n) is 6.48. The third kappa shape index (κ3) is 3.66. The highest BCUT2D eigenvalue weighted by Crippen LogP contribution is 2.36. The number of thioether (sulfide) groups is 1. The Bertz CT molecular complexity index is 413. The second-order valence-electron chi connectivity index (χ2n) is 4.79. The minimum atomic E-state index is -4.27. The Balaban J connectivity index is 2.22. The van der Waals surface area contributed by atoms with Gasteiger partial charge in [0.2, 0.25) is 0 Å². The van der Waals surface area contributed by atoms with Crippen LogP contribution in [0.2, 0.25) is 0 Å². The van der Waals surface area contributed by atoms with Crippen LogP contribution in [0, 0.1) is 0 Å². The molecule has 1 aliphatic heterocycles. The molecule has 1 heterocycles. The molecule has 0 spiro atoms. The number of benzene rings is 1. The predicted octanol–water partition coefficient (Wildman–Crippen LogP) is 4.25. The van der Waals surface area contributed by atoms with Crippen molar-refractivity contribution in [2.24, 2.45) is 0 Å². The van der Waals surface area contributed by atoms with Crippen LogP contribution in [-0.4, -0.2) is 18.1 Å². The van der Waals surface area contributed by atoms with Crippen molar-refractivity contribution < 1.29 is 13.2 Å². The van der Waals surface area contributed by atoms with E-state index in [1.165, 1.54) is 18.6 Å². The largest absolute Gasteiger partial charge is 0.416 e. The van der Waals surface area contributed by atoms with Gasteiger partial charge in [0.15, 0.2) is 0 Å². The maximum Gasteiger partial charge on any atom is 0.416 e. The van der Waals surface area contributed by atoms with Crippen LogP contribution in [0.15, 0.2) is 24.3 Å². The molecular formula is C14H18F3NS. The molecule has 1 aromatic carbocycles.